The highest BCUT2D eigenvalue weighted by Crippen LogP contribution is 2.43. The molecule has 1 unspecified atom stereocenters. The Morgan fingerprint density at radius 3 is 2.02 bits per heavy atom. The fourth-order valence-corrected chi connectivity index (χ4v) is 3.87. The van der Waals surface area contributed by atoms with E-state index in [1.54, 1.807) is 5.43 Å². The number of allylic oxidation sites excluding steroid dienone is 1. The minimum atomic E-state index is -5.32. The van der Waals surface area contributed by atoms with E-state index in [9.17, 15) is 48.7 Å². The van der Waals surface area contributed by atoms with E-state index in [0.717, 1.165) is 12.1 Å². The summed E-state index contributed by atoms with van der Waals surface area (Å²) in [6.07, 6.45) is -14.7. The van der Waals surface area contributed by atoms with Crippen molar-refractivity contribution in [2.24, 2.45) is 0 Å². The normalized spacial score (nSPS) is 13.6. The van der Waals surface area contributed by atoms with Crippen molar-refractivity contribution in [2.45, 2.75) is 24.4 Å². The van der Waals surface area contributed by atoms with Crippen LogP contribution in [0.4, 0.5) is 49.9 Å². The van der Waals surface area contributed by atoms with Gasteiger partial charge in [-0.15, -0.1) is 0 Å². The number of halogens is 13. The van der Waals surface area contributed by atoms with Crippen molar-refractivity contribution in [3.05, 3.63) is 91.7 Å². The van der Waals surface area contributed by atoms with Crippen molar-refractivity contribution in [1.29, 1.82) is 0 Å². The number of aromatic nitrogens is 2. The predicted octanol–water partition coefficient (Wildman–Crippen LogP) is 8.89. The Hall–Kier alpha value is -3.30. The summed E-state index contributed by atoms with van der Waals surface area (Å²) in [6, 6.07) is 3.13. The number of hydrogen-bond donors (Lipinski definition) is 2. The molecular weight excluding hydrogens is 645 g/mol. The average molecular weight is 656 g/mol. The molecule has 0 radical (unpaired) electrons. The van der Waals surface area contributed by atoms with Crippen LogP contribution in [0, 0.1) is 0 Å². The molecule has 5 nitrogen and oxygen atoms in total. The van der Waals surface area contributed by atoms with Crippen LogP contribution >= 0.6 is 34.8 Å². The van der Waals surface area contributed by atoms with Crippen molar-refractivity contribution in [3.63, 3.8) is 0 Å². The number of nitrogens with one attached hydrogen (secondary N) is 2. The second kappa shape index (κ2) is 11.9. The molecule has 41 heavy (non-hydrogen) atoms. The number of hydrogen-bond acceptors (Lipinski definition) is 4. The van der Waals surface area contributed by atoms with Crippen molar-refractivity contribution in [3.8, 4) is 0 Å². The van der Waals surface area contributed by atoms with Crippen LogP contribution in [0.15, 0.2) is 48.7 Å². The molecule has 0 saturated heterocycles. The minimum absolute atomic E-state index is 0.0162. The lowest BCUT2D eigenvalue weighted by Crippen LogP contribution is -2.32. The van der Waals surface area contributed by atoms with Gasteiger partial charge in [-0.2, -0.15) is 39.5 Å². The first-order chi connectivity index (χ1) is 18.8. The van der Waals surface area contributed by atoms with Gasteiger partial charge in [0.1, 0.15) is 17.4 Å². The van der Waals surface area contributed by atoms with Gasteiger partial charge in [-0.25, -0.2) is 14.4 Å². The molecule has 220 valence electrons. The summed E-state index contributed by atoms with van der Waals surface area (Å²) in [5.74, 6) is -6.85. The van der Waals surface area contributed by atoms with Gasteiger partial charge in [0.05, 0.1) is 26.2 Å². The van der Waals surface area contributed by atoms with E-state index in [-0.39, 0.29) is 17.2 Å². The van der Waals surface area contributed by atoms with Crippen LogP contribution < -0.4 is 10.9 Å². The fraction of sp³-hybridized carbons (Fsp3) is 0.174. The first-order valence-electron chi connectivity index (χ1n) is 10.6. The molecule has 0 saturated carbocycles. The lowest BCUT2D eigenvalue weighted by atomic mass is 9.95. The van der Waals surface area contributed by atoms with Gasteiger partial charge in [-0.3, -0.25) is 15.6 Å². The Kier molecular flexibility index (Phi) is 9.35. The Labute approximate surface area is 238 Å². The lowest BCUT2D eigenvalue weighted by molar-refractivity contribution is -0.141. The monoisotopic (exact) mass is 654 g/mol. The first-order valence-corrected chi connectivity index (χ1v) is 11.7. The molecule has 1 aromatic heterocycles. The topological polar surface area (TPSA) is 66.9 Å². The zero-order valence-electron chi connectivity index (χ0n) is 19.4. The number of anilines is 1. The highest BCUT2D eigenvalue weighted by atomic mass is 35.5. The Morgan fingerprint density at radius 2 is 1.49 bits per heavy atom. The molecule has 2 N–H and O–H groups in total. The molecule has 18 heteroatoms. The summed E-state index contributed by atoms with van der Waals surface area (Å²) in [6.45, 7) is 0. The SMILES string of the molecule is O=C(NNc1nccc(C(F)(F)F)n1)c1ccc(C(F)=CC(c2cc(Cl)c(Cl)c(Cl)c2)C(F)(F)F)cc1C(F)(F)F. The fourth-order valence-electron chi connectivity index (χ4n) is 3.26. The zero-order chi connectivity index (χ0) is 30.9. The summed E-state index contributed by atoms with van der Waals surface area (Å²) in [7, 11) is 0. The Balaban J connectivity index is 1.96. The van der Waals surface area contributed by atoms with Crippen molar-refractivity contribution in [2.75, 3.05) is 5.43 Å². The van der Waals surface area contributed by atoms with E-state index >= 15 is 0 Å². The maximum absolute atomic E-state index is 15.0. The average Bonchev–Trinajstić information content (AvgIpc) is 2.86. The molecular formula is C23H11Cl3F10N4O. The third-order valence-corrected chi connectivity index (χ3v) is 6.31. The van der Waals surface area contributed by atoms with E-state index in [2.05, 4.69) is 9.97 Å². The molecule has 0 aliphatic heterocycles. The Bertz CT molecular complexity index is 1470. The van der Waals surface area contributed by atoms with Crippen molar-refractivity contribution in [1.82, 2.24) is 15.4 Å². The van der Waals surface area contributed by atoms with E-state index in [1.807, 2.05) is 5.43 Å². The molecule has 0 spiro atoms. The van der Waals surface area contributed by atoms with Crippen LogP contribution in [-0.2, 0) is 12.4 Å². The molecule has 0 aliphatic rings. The standard InChI is InChI=1S/C23H11Cl3F10N4O/c24-14-6-10(7-15(25)18(14)26)12(21(28,29)30)8-16(27)9-1-2-11(13(5-9)22(31,32)33)19(41)39-40-20-37-4-3-17(38-20)23(34,35)36/h1-8,12H,(H,39,41)(H,37,38,40). The van der Waals surface area contributed by atoms with Gasteiger partial charge in [0, 0.05) is 11.8 Å². The van der Waals surface area contributed by atoms with Gasteiger partial charge in [0.2, 0.25) is 5.95 Å². The molecule has 1 atom stereocenters. The van der Waals surface area contributed by atoms with Crippen LogP contribution in [0.25, 0.3) is 5.83 Å². The number of amides is 1. The molecule has 0 aliphatic carbocycles. The molecule has 2 aromatic carbocycles. The number of alkyl halides is 9. The van der Waals surface area contributed by atoms with Gasteiger partial charge in [-0.05, 0) is 42.0 Å². The van der Waals surface area contributed by atoms with Crippen LogP contribution in [0.1, 0.15) is 38.7 Å². The minimum Gasteiger partial charge on any atom is -0.267 e. The number of nitrogens with zero attached hydrogens (tertiary/aromatic N) is 2. The maximum Gasteiger partial charge on any atom is 0.433 e. The molecule has 0 bridgehead atoms. The lowest BCUT2D eigenvalue weighted by Gasteiger charge is -2.19. The summed E-state index contributed by atoms with van der Waals surface area (Å²) in [5.41, 5.74) is -2.52. The smallest absolute Gasteiger partial charge is 0.267 e. The number of benzene rings is 2. The van der Waals surface area contributed by atoms with E-state index in [0.29, 0.717) is 24.4 Å². The maximum atomic E-state index is 15.0. The van der Waals surface area contributed by atoms with Crippen molar-refractivity contribution < 1.29 is 48.7 Å². The van der Waals surface area contributed by atoms with Crippen molar-refractivity contribution >= 4 is 52.5 Å². The first kappa shape index (κ1) is 32.2. The summed E-state index contributed by atoms with van der Waals surface area (Å²) >= 11 is 17.2. The molecule has 1 amide bonds. The number of carbonyl (C=O) groups excluding carboxylic acids is 1. The van der Waals surface area contributed by atoms with Crippen LogP contribution in [0.5, 0.6) is 0 Å². The third kappa shape index (κ3) is 7.92. The second-order valence-electron chi connectivity index (χ2n) is 7.93. The molecule has 0 fully saturated rings. The van der Waals surface area contributed by atoms with Gasteiger partial charge < -0.3 is 0 Å². The number of rotatable bonds is 6. The summed E-state index contributed by atoms with van der Waals surface area (Å²) in [5, 5.41) is -1.06. The van der Waals surface area contributed by atoms with Gasteiger partial charge in [-0.1, -0.05) is 40.9 Å². The quantitative estimate of drug-likeness (QED) is 0.158. The molecule has 3 rings (SSSR count). The van der Waals surface area contributed by atoms with E-state index in [1.165, 1.54) is 0 Å². The number of carbonyl (C=O) groups is 1. The summed E-state index contributed by atoms with van der Waals surface area (Å²) in [4.78, 5) is 18.8. The number of hydrazine groups is 1. The van der Waals surface area contributed by atoms with Crippen LogP contribution in [0.3, 0.4) is 0 Å². The molecule has 3 aromatic rings. The zero-order valence-corrected chi connectivity index (χ0v) is 21.7. The van der Waals surface area contributed by atoms with Crippen LogP contribution in [0.2, 0.25) is 15.1 Å². The van der Waals surface area contributed by atoms with Gasteiger partial charge >= 0.3 is 18.5 Å². The highest BCUT2D eigenvalue weighted by Gasteiger charge is 2.41. The third-order valence-electron chi connectivity index (χ3n) is 5.11. The van der Waals surface area contributed by atoms with E-state index in [4.69, 9.17) is 34.8 Å². The predicted molar refractivity (Wildman–Crippen MR) is 129 cm³/mol. The highest BCUT2D eigenvalue weighted by molar-refractivity contribution is 6.48. The summed E-state index contributed by atoms with van der Waals surface area (Å²) < 4.78 is 136. The second-order valence-corrected chi connectivity index (χ2v) is 9.13. The van der Waals surface area contributed by atoms with Crippen LogP contribution in [-0.4, -0.2) is 22.1 Å². The van der Waals surface area contributed by atoms with Gasteiger partial charge in [0.25, 0.3) is 5.91 Å². The largest absolute Gasteiger partial charge is 0.433 e. The Morgan fingerprint density at radius 1 is 0.878 bits per heavy atom. The van der Waals surface area contributed by atoms with Gasteiger partial charge in [0.15, 0.2) is 0 Å². The molecule has 1 heterocycles. The van der Waals surface area contributed by atoms with E-state index < -0.39 is 80.1 Å².